The van der Waals surface area contributed by atoms with Crippen molar-refractivity contribution in [3.8, 4) is 5.69 Å². The van der Waals surface area contributed by atoms with Gasteiger partial charge in [0.05, 0.1) is 17.3 Å². The maximum Gasteiger partial charge on any atom is 0.255 e. The van der Waals surface area contributed by atoms with Gasteiger partial charge in [0, 0.05) is 31.4 Å². The highest BCUT2D eigenvalue weighted by Crippen LogP contribution is 2.14. The SMILES string of the molecule is CN1CC(N)C(NC(=O)c2ccc(-n3ccccc3=O)cc2F)C1. The number of likely N-dealkylation sites (N-methyl/N-ethyl adjacent to an activating group) is 1. The summed E-state index contributed by atoms with van der Waals surface area (Å²) in [5, 5.41) is 2.77. The molecule has 24 heavy (non-hydrogen) atoms. The minimum Gasteiger partial charge on any atom is -0.346 e. The van der Waals surface area contributed by atoms with Crippen LogP contribution in [0.1, 0.15) is 10.4 Å². The van der Waals surface area contributed by atoms with Gasteiger partial charge in [-0.25, -0.2) is 4.39 Å². The first-order chi connectivity index (χ1) is 11.5. The Morgan fingerprint density at radius 2 is 2.08 bits per heavy atom. The molecule has 1 amide bonds. The normalized spacial score (nSPS) is 21.0. The van der Waals surface area contributed by atoms with E-state index in [1.165, 1.54) is 22.8 Å². The van der Waals surface area contributed by atoms with E-state index in [4.69, 9.17) is 5.73 Å². The highest BCUT2D eigenvalue weighted by atomic mass is 19.1. The molecule has 0 radical (unpaired) electrons. The molecule has 2 heterocycles. The van der Waals surface area contributed by atoms with Crippen LogP contribution in [0.25, 0.3) is 5.69 Å². The van der Waals surface area contributed by atoms with Crippen LogP contribution in [0, 0.1) is 5.82 Å². The van der Waals surface area contributed by atoms with Gasteiger partial charge < -0.3 is 16.0 Å². The van der Waals surface area contributed by atoms with Crippen molar-refractivity contribution >= 4 is 5.91 Å². The van der Waals surface area contributed by atoms with E-state index in [2.05, 4.69) is 5.32 Å². The van der Waals surface area contributed by atoms with E-state index in [0.717, 1.165) is 0 Å². The molecule has 1 aliphatic rings. The van der Waals surface area contributed by atoms with Crippen molar-refractivity contribution < 1.29 is 9.18 Å². The van der Waals surface area contributed by atoms with Crippen LogP contribution in [0.5, 0.6) is 0 Å². The van der Waals surface area contributed by atoms with Crippen molar-refractivity contribution in [1.29, 1.82) is 0 Å². The molecule has 0 spiro atoms. The maximum atomic E-state index is 14.3. The number of nitrogens with two attached hydrogens (primary N) is 1. The first kappa shape index (κ1) is 16.4. The third kappa shape index (κ3) is 3.22. The van der Waals surface area contributed by atoms with Crippen molar-refractivity contribution in [2.75, 3.05) is 20.1 Å². The topological polar surface area (TPSA) is 80.4 Å². The summed E-state index contributed by atoms with van der Waals surface area (Å²) < 4.78 is 15.7. The number of carbonyl (C=O) groups is 1. The zero-order valence-corrected chi connectivity index (χ0v) is 13.3. The molecule has 1 fully saturated rings. The number of nitrogens with zero attached hydrogens (tertiary/aromatic N) is 2. The highest BCUT2D eigenvalue weighted by Gasteiger charge is 2.29. The first-order valence-corrected chi connectivity index (χ1v) is 7.68. The Bertz CT molecular complexity index is 820. The van der Waals surface area contributed by atoms with Gasteiger partial charge in [-0.3, -0.25) is 14.2 Å². The second kappa shape index (κ2) is 6.54. The smallest absolute Gasteiger partial charge is 0.255 e. The minimum atomic E-state index is -0.680. The van der Waals surface area contributed by atoms with Crippen LogP contribution in [0.3, 0.4) is 0 Å². The number of rotatable bonds is 3. The van der Waals surface area contributed by atoms with Gasteiger partial charge in [-0.15, -0.1) is 0 Å². The summed E-state index contributed by atoms with van der Waals surface area (Å²) in [6.45, 7) is 1.31. The summed E-state index contributed by atoms with van der Waals surface area (Å²) in [4.78, 5) is 26.1. The quantitative estimate of drug-likeness (QED) is 0.851. The third-order valence-corrected chi connectivity index (χ3v) is 4.16. The molecule has 6 nitrogen and oxygen atoms in total. The number of halogens is 1. The molecule has 1 aromatic carbocycles. The van der Waals surface area contributed by atoms with Crippen molar-refractivity contribution in [3.63, 3.8) is 0 Å². The number of hydrogen-bond donors (Lipinski definition) is 2. The number of benzene rings is 1. The fraction of sp³-hybridized carbons (Fsp3) is 0.294. The maximum absolute atomic E-state index is 14.3. The lowest BCUT2D eigenvalue weighted by molar-refractivity contribution is 0.0931. The number of hydrogen-bond acceptors (Lipinski definition) is 4. The average Bonchev–Trinajstić information content (AvgIpc) is 2.85. The van der Waals surface area contributed by atoms with Crippen LogP contribution in [0.4, 0.5) is 4.39 Å². The predicted octanol–water partition coefficient (Wildman–Crippen LogP) is 0.348. The molecule has 3 rings (SSSR count). The van der Waals surface area contributed by atoms with Crippen LogP contribution in [0.15, 0.2) is 47.4 Å². The summed E-state index contributed by atoms with van der Waals surface area (Å²) in [6.07, 6.45) is 1.55. The monoisotopic (exact) mass is 330 g/mol. The van der Waals surface area contributed by atoms with Gasteiger partial charge >= 0.3 is 0 Å². The fourth-order valence-electron chi connectivity index (χ4n) is 2.91. The second-order valence-electron chi connectivity index (χ2n) is 6.04. The van der Waals surface area contributed by atoms with Crippen molar-refractivity contribution in [2.45, 2.75) is 12.1 Å². The standard InChI is InChI=1S/C17H19FN4O2/c1-21-9-14(19)15(10-21)20-17(24)12-6-5-11(8-13(12)18)22-7-3-2-4-16(22)23/h2-8,14-15H,9-10,19H2,1H3,(H,20,24). The third-order valence-electron chi connectivity index (χ3n) is 4.16. The second-order valence-corrected chi connectivity index (χ2v) is 6.04. The Balaban J connectivity index is 1.81. The van der Waals surface area contributed by atoms with E-state index in [0.29, 0.717) is 18.8 Å². The Kier molecular flexibility index (Phi) is 4.46. The fourth-order valence-corrected chi connectivity index (χ4v) is 2.91. The van der Waals surface area contributed by atoms with E-state index in [1.807, 2.05) is 11.9 Å². The van der Waals surface area contributed by atoms with Crippen LogP contribution >= 0.6 is 0 Å². The minimum absolute atomic E-state index is 0.0653. The molecule has 2 unspecified atom stereocenters. The van der Waals surface area contributed by atoms with Gasteiger partial charge in [0.25, 0.3) is 11.5 Å². The number of carbonyl (C=O) groups excluding carboxylic acids is 1. The zero-order valence-electron chi connectivity index (χ0n) is 13.3. The van der Waals surface area contributed by atoms with Crippen molar-refractivity contribution in [1.82, 2.24) is 14.8 Å². The van der Waals surface area contributed by atoms with E-state index in [1.54, 1.807) is 24.4 Å². The molecule has 2 atom stereocenters. The van der Waals surface area contributed by atoms with Gasteiger partial charge in [-0.05, 0) is 31.3 Å². The molecule has 1 saturated heterocycles. The lowest BCUT2D eigenvalue weighted by Crippen LogP contribution is -2.46. The molecule has 2 aromatic rings. The molecule has 126 valence electrons. The summed E-state index contributed by atoms with van der Waals surface area (Å²) >= 11 is 0. The molecule has 0 aliphatic carbocycles. The molecule has 1 aromatic heterocycles. The zero-order chi connectivity index (χ0) is 17.3. The van der Waals surface area contributed by atoms with Crippen molar-refractivity contribution in [2.24, 2.45) is 5.73 Å². The summed E-state index contributed by atoms with van der Waals surface area (Å²) in [5.74, 6) is -1.18. The van der Waals surface area contributed by atoms with Gasteiger partial charge in [-0.1, -0.05) is 6.07 Å². The number of pyridine rings is 1. The van der Waals surface area contributed by atoms with Crippen molar-refractivity contribution in [3.05, 3.63) is 64.3 Å². The van der Waals surface area contributed by atoms with E-state index < -0.39 is 11.7 Å². The molecule has 7 heteroatoms. The van der Waals surface area contributed by atoms with Gasteiger partial charge in [-0.2, -0.15) is 0 Å². The lowest BCUT2D eigenvalue weighted by Gasteiger charge is -2.17. The summed E-state index contributed by atoms with van der Waals surface area (Å²) in [7, 11) is 1.92. The van der Waals surface area contributed by atoms with Gasteiger partial charge in [0.2, 0.25) is 0 Å². The van der Waals surface area contributed by atoms with Gasteiger partial charge in [0.1, 0.15) is 5.82 Å². The van der Waals surface area contributed by atoms with E-state index in [-0.39, 0.29) is 23.2 Å². The highest BCUT2D eigenvalue weighted by molar-refractivity contribution is 5.95. The Hall–Kier alpha value is -2.51. The molecule has 0 saturated carbocycles. The van der Waals surface area contributed by atoms with Crippen LogP contribution < -0.4 is 16.6 Å². The number of likely N-dealkylation sites (tertiary alicyclic amines) is 1. The average molecular weight is 330 g/mol. The van der Waals surface area contributed by atoms with Gasteiger partial charge in [0.15, 0.2) is 0 Å². The molecule has 1 aliphatic heterocycles. The molecule has 0 bridgehead atoms. The molecular formula is C17H19FN4O2. The first-order valence-electron chi connectivity index (χ1n) is 7.68. The Morgan fingerprint density at radius 1 is 1.29 bits per heavy atom. The predicted molar refractivity (Wildman–Crippen MR) is 88.7 cm³/mol. The Labute approximate surface area is 138 Å². The van der Waals surface area contributed by atoms with Crippen LogP contribution in [0.2, 0.25) is 0 Å². The largest absolute Gasteiger partial charge is 0.346 e. The molecular weight excluding hydrogens is 311 g/mol. The number of amides is 1. The summed E-state index contributed by atoms with van der Waals surface area (Å²) in [5.41, 5.74) is 6.00. The Morgan fingerprint density at radius 3 is 2.71 bits per heavy atom. The van der Waals surface area contributed by atoms with E-state index >= 15 is 0 Å². The number of aromatic nitrogens is 1. The lowest BCUT2D eigenvalue weighted by atomic mass is 10.1. The number of nitrogens with one attached hydrogen (secondary N) is 1. The van der Waals surface area contributed by atoms with Crippen LogP contribution in [-0.4, -0.2) is 47.6 Å². The van der Waals surface area contributed by atoms with Crippen LogP contribution in [-0.2, 0) is 0 Å². The van der Waals surface area contributed by atoms with E-state index in [9.17, 15) is 14.0 Å². The summed E-state index contributed by atoms with van der Waals surface area (Å²) in [6, 6.07) is 8.39. The molecule has 3 N–H and O–H groups in total.